The predicted octanol–water partition coefficient (Wildman–Crippen LogP) is 3.13. The van der Waals surface area contributed by atoms with Gasteiger partial charge in [0.05, 0.1) is 6.20 Å². The number of hydrogen-bond donors (Lipinski definition) is 0. The van der Waals surface area contributed by atoms with Crippen LogP contribution in [0, 0.1) is 6.92 Å². The Hall–Kier alpha value is -0.790. The minimum Gasteiger partial charge on any atom is -0.446 e. The SMILES string of the molecule is CC.Cc1ncc(C(C)C)o1. The summed E-state index contributed by atoms with van der Waals surface area (Å²) in [4.78, 5) is 3.97. The topological polar surface area (TPSA) is 26.0 Å². The molecule has 1 aromatic rings. The number of aromatic nitrogens is 1. The van der Waals surface area contributed by atoms with Gasteiger partial charge in [-0.25, -0.2) is 4.98 Å². The van der Waals surface area contributed by atoms with E-state index in [9.17, 15) is 0 Å². The number of oxazole rings is 1. The van der Waals surface area contributed by atoms with Gasteiger partial charge in [-0.2, -0.15) is 0 Å². The van der Waals surface area contributed by atoms with Crippen LogP contribution in [0.4, 0.5) is 0 Å². The Kier molecular flexibility index (Phi) is 4.59. The second-order valence-electron chi connectivity index (χ2n) is 2.44. The van der Waals surface area contributed by atoms with Crippen molar-refractivity contribution in [2.75, 3.05) is 0 Å². The zero-order valence-corrected chi connectivity index (χ0v) is 8.01. The summed E-state index contributed by atoms with van der Waals surface area (Å²) in [6.45, 7) is 10.0. The van der Waals surface area contributed by atoms with Gasteiger partial charge in [-0.05, 0) is 0 Å². The maximum Gasteiger partial charge on any atom is 0.191 e. The van der Waals surface area contributed by atoms with Crippen LogP contribution in [0.3, 0.4) is 0 Å². The van der Waals surface area contributed by atoms with Crippen LogP contribution in [-0.4, -0.2) is 4.98 Å². The first-order valence-corrected chi connectivity index (χ1v) is 4.12. The monoisotopic (exact) mass is 155 g/mol. The molecule has 64 valence electrons. The Morgan fingerprint density at radius 3 is 2.09 bits per heavy atom. The third-order valence-electron chi connectivity index (χ3n) is 1.21. The Bertz CT molecular complexity index is 191. The van der Waals surface area contributed by atoms with E-state index in [1.54, 1.807) is 6.20 Å². The van der Waals surface area contributed by atoms with Crippen molar-refractivity contribution in [1.82, 2.24) is 4.98 Å². The van der Waals surface area contributed by atoms with Gasteiger partial charge in [-0.1, -0.05) is 27.7 Å². The van der Waals surface area contributed by atoms with Gasteiger partial charge in [0.2, 0.25) is 0 Å². The first kappa shape index (κ1) is 10.2. The van der Waals surface area contributed by atoms with Crippen LogP contribution >= 0.6 is 0 Å². The van der Waals surface area contributed by atoms with E-state index in [1.165, 1.54) is 0 Å². The Morgan fingerprint density at radius 1 is 1.36 bits per heavy atom. The molecule has 0 aliphatic carbocycles. The Labute approximate surface area is 68.6 Å². The molecule has 1 rings (SSSR count). The molecule has 0 unspecified atom stereocenters. The van der Waals surface area contributed by atoms with E-state index < -0.39 is 0 Å². The van der Waals surface area contributed by atoms with E-state index in [2.05, 4.69) is 18.8 Å². The highest BCUT2D eigenvalue weighted by molar-refractivity contribution is 4.97. The van der Waals surface area contributed by atoms with E-state index in [0.717, 1.165) is 11.7 Å². The highest BCUT2D eigenvalue weighted by atomic mass is 16.4. The molecule has 11 heavy (non-hydrogen) atoms. The molecule has 1 heterocycles. The fraction of sp³-hybridized carbons (Fsp3) is 0.667. The average molecular weight is 155 g/mol. The van der Waals surface area contributed by atoms with Crippen molar-refractivity contribution in [3.63, 3.8) is 0 Å². The van der Waals surface area contributed by atoms with Crippen molar-refractivity contribution >= 4 is 0 Å². The van der Waals surface area contributed by atoms with Crippen molar-refractivity contribution in [2.24, 2.45) is 0 Å². The molecule has 0 radical (unpaired) electrons. The van der Waals surface area contributed by atoms with E-state index in [-0.39, 0.29) is 0 Å². The Morgan fingerprint density at radius 2 is 1.91 bits per heavy atom. The van der Waals surface area contributed by atoms with Crippen LogP contribution in [0.5, 0.6) is 0 Å². The predicted molar refractivity (Wildman–Crippen MR) is 46.7 cm³/mol. The second-order valence-corrected chi connectivity index (χ2v) is 2.44. The number of rotatable bonds is 1. The van der Waals surface area contributed by atoms with Gasteiger partial charge < -0.3 is 4.42 Å². The van der Waals surface area contributed by atoms with Crippen molar-refractivity contribution < 1.29 is 4.42 Å². The average Bonchev–Trinajstić information content (AvgIpc) is 2.40. The molecule has 0 saturated carbocycles. The van der Waals surface area contributed by atoms with Gasteiger partial charge in [0.1, 0.15) is 5.76 Å². The highest BCUT2D eigenvalue weighted by Crippen LogP contribution is 2.13. The van der Waals surface area contributed by atoms with Crippen molar-refractivity contribution in [3.05, 3.63) is 17.8 Å². The molecule has 0 bridgehead atoms. The lowest BCUT2D eigenvalue weighted by atomic mass is 10.2. The summed E-state index contributed by atoms with van der Waals surface area (Å²) >= 11 is 0. The van der Waals surface area contributed by atoms with E-state index >= 15 is 0 Å². The fourth-order valence-corrected chi connectivity index (χ4v) is 0.645. The molecule has 0 aliphatic rings. The molecular formula is C9H17NO. The van der Waals surface area contributed by atoms with Gasteiger partial charge in [0.25, 0.3) is 0 Å². The zero-order valence-electron chi connectivity index (χ0n) is 8.01. The lowest BCUT2D eigenvalue weighted by Gasteiger charge is -1.94. The molecule has 0 aliphatic heterocycles. The molecule has 0 atom stereocenters. The molecule has 2 nitrogen and oxygen atoms in total. The molecule has 0 N–H and O–H groups in total. The van der Waals surface area contributed by atoms with Gasteiger partial charge in [-0.15, -0.1) is 0 Å². The van der Waals surface area contributed by atoms with Gasteiger partial charge >= 0.3 is 0 Å². The molecule has 0 amide bonds. The number of aryl methyl sites for hydroxylation is 1. The first-order chi connectivity index (χ1) is 5.20. The molecular weight excluding hydrogens is 138 g/mol. The van der Waals surface area contributed by atoms with Crippen LogP contribution in [0.25, 0.3) is 0 Å². The number of nitrogens with zero attached hydrogens (tertiary/aromatic N) is 1. The standard InChI is InChI=1S/C7H11NO.C2H6/c1-5(2)7-4-8-6(3)9-7;1-2/h4-5H,1-3H3;1-2H3. The van der Waals surface area contributed by atoms with Crippen LogP contribution < -0.4 is 0 Å². The van der Waals surface area contributed by atoms with Gasteiger partial charge in [-0.3, -0.25) is 0 Å². The molecule has 1 aromatic heterocycles. The summed E-state index contributed by atoms with van der Waals surface area (Å²) in [6.07, 6.45) is 1.78. The van der Waals surface area contributed by atoms with Crippen molar-refractivity contribution in [1.29, 1.82) is 0 Å². The largest absolute Gasteiger partial charge is 0.446 e. The third kappa shape index (κ3) is 3.21. The quantitative estimate of drug-likeness (QED) is 0.622. The zero-order chi connectivity index (χ0) is 8.85. The molecule has 0 saturated heterocycles. The van der Waals surface area contributed by atoms with E-state index in [4.69, 9.17) is 4.42 Å². The van der Waals surface area contributed by atoms with Crippen molar-refractivity contribution in [2.45, 2.75) is 40.5 Å². The lowest BCUT2D eigenvalue weighted by molar-refractivity contribution is 0.456. The lowest BCUT2D eigenvalue weighted by Crippen LogP contribution is -1.80. The van der Waals surface area contributed by atoms with E-state index in [0.29, 0.717) is 5.92 Å². The summed E-state index contributed by atoms with van der Waals surface area (Å²) < 4.78 is 5.23. The van der Waals surface area contributed by atoms with Crippen molar-refractivity contribution in [3.8, 4) is 0 Å². The summed E-state index contributed by atoms with van der Waals surface area (Å²) in [5.74, 6) is 2.16. The summed E-state index contributed by atoms with van der Waals surface area (Å²) in [6, 6.07) is 0. The summed E-state index contributed by atoms with van der Waals surface area (Å²) in [7, 11) is 0. The number of hydrogen-bond acceptors (Lipinski definition) is 2. The summed E-state index contributed by atoms with van der Waals surface area (Å²) in [5, 5.41) is 0. The molecule has 2 heteroatoms. The van der Waals surface area contributed by atoms with Gasteiger partial charge in [0, 0.05) is 12.8 Å². The smallest absolute Gasteiger partial charge is 0.191 e. The summed E-state index contributed by atoms with van der Waals surface area (Å²) in [5.41, 5.74) is 0. The maximum absolute atomic E-state index is 5.23. The fourth-order valence-electron chi connectivity index (χ4n) is 0.645. The van der Waals surface area contributed by atoms with Crippen LogP contribution in [-0.2, 0) is 0 Å². The molecule has 0 fully saturated rings. The van der Waals surface area contributed by atoms with E-state index in [1.807, 2.05) is 20.8 Å². The Balaban J connectivity index is 0.000000461. The highest BCUT2D eigenvalue weighted by Gasteiger charge is 2.02. The first-order valence-electron chi connectivity index (χ1n) is 4.12. The van der Waals surface area contributed by atoms with Crippen LogP contribution in [0.2, 0.25) is 0 Å². The minimum absolute atomic E-state index is 0.450. The van der Waals surface area contributed by atoms with Crippen LogP contribution in [0.15, 0.2) is 10.6 Å². The maximum atomic E-state index is 5.23. The molecule has 0 aromatic carbocycles. The normalized spacial score (nSPS) is 9.27. The van der Waals surface area contributed by atoms with Gasteiger partial charge in [0.15, 0.2) is 5.89 Å². The third-order valence-corrected chi connectivity index (χ3v) is 1.21. The second kappa shape index (κ2) is 4.94. The molecule has 0 spiro atoms. The minimum atomic E-state index is 0.450. The van der Waals surface area contributed by atoms with Crippen LogP contribution in [0.1, 0.15) is 45.3 Å².